The highest BCUT2D eigenvalue weighted by Gasteiger charge is 2.29. The highest BCUT2D eigenvalue weighted by molar-refractivity contribution is 6.23. The summed E-state index contributed by atoms with van der Waals surface area (Å²) >= 11 is 12.3. The molecule has 3 unspecified atom stereocenters. The second kappa shape index (κ2) is 7.95. The van der Waals surface area contributed by atoms with E-state index in [4.69, 9.17) is 27.9 Å². The Balaban J connectivity index is 2.37. The fraction of sp³-hybridized carbons (Fsp3) is 0.846. The van der Waals surface area contributed by atoms with Crippen molar-refractivity contribution in [2.24, 2.45) is 5.92 Å². The molecule has 0 bridgehead atoms. The summed E-state index contributed by atoms with van der Waals surface area (Å²) in [5.74, 6) is -0.403. The molecule has 6 heteroatoms. The van der Waals surface area contributed by atoms with Crippen LogP contribution in [0.3, 0.4) is 0 Å². The van der Waals surface area contributed by atoms with E-state index in [1.165, 1.54) is 0 Å². The van der Waals surface area contributed by atoms with E-state index in [2.05, 4.69) is 5.32 Å². The summed E-state index contributed by atoms with van der Waals surface area (Å²) in [5.41, 5.74) is 0. The number of hydrogen-bond donors (Lipinski definition) is 1. The van der Waals surface area contributed by atoms with Crippen LogP contribution in [-0.4, -0.2) is 35.3 Å². The van der Waals surface area contributed by atoms with E-state index < -0.39 is 6.04 Å². The van der Waals surface area contributed by atoms with Crippen LogP contribution < -0.4 is 5.32 Å². The molecular formula is C13H21Cl2NO3. The normalized spacial score (nSPS) is 23.6. The smallest absolute Gasteiger partial charge is 0.328 e. The largest absolute Gasteiger partial charge is 0.464 e. The predicted molar refractivity (Wildman–Crippen MR) is 75.5 cm³/mol. The Bertz CT molecular complexity index is 323. The topological polar surface area (TPSA) is 55.4 Å². The predicted octanol–water partition coefficient (Wildman–Crippen LogP) is 2.46. The first-order valence-corrected chi connectivity index (χ1v) is 7.57. The molecule has 110 valence electrons. The molecule has 1 N–H and O–H groups in total. The Hall–Kier alpha value is -0.480. The number of cyclic esters (lactones) is 1. The van der Waals surface area contributed by atoms with Crippen LogP contribution in [0.2, 0.25) is 0 Å². The van der Waals surface area contributed by atoms with E-state index >= 15 is 0 Å². The summed E-state index contributed by atoms with van der Waals surface area (Å²) in [6.07, 6.45) is 2.32. The molecule has 1 aliphatic heterocycles. The van der Waals surface area contributed by atoms with E-state index in [-0.39, 0.29) is 28.5 Å². The number of carbonyl (C=O) groups is 2. The molecule has 0 radical (unpaired) electrons. The lowest BCUT2D eigenvalue weighted by Crippen LogP contribution is -2.38. The third kappa shape index (κ3) is 5.19. The van der Waals surface area contributed by atoms with Gasteiger partial charge in [-0.05, 0) is 25.7 Å². The van der Waals surface area contributed by atoms with Gasteiger partial charge in [0.1, 0.15) is 6.04 Å². The van der Waals surface area contributed by atoms with Gasteiger partial charge in [-0.25, -0.2) is 4.79 Å². The second-order valence-electron chi connectivity index (χ2n) is 4.88. The molecule has 0 aromatic heterocycles. The maximum Gasteiger partial charge on any atom is 0.328 e. The van der Waals surface area contributed by atoms with Crippen LogP contribution >= 0.6 is 23.2 Å². The van der Waals surface area contributed by atoms with Crippen LogP contribution in [0.25, 0.3) is 0 Å². The highest BCUT2D eigenvalue weighted by atomic mass is 35.5. The standard InChI is InChI=1S/C13H21Cl2NO3/c1-3-10(15)9(8(2)14)4-5-12(17)16-11-6-7-19-13(11)18/h8-11H,3-7H2,1-2H3,(H,16,17)/t8?,9?,10?,11-/m1/s1. The van der Waals surface area contributed by atoms with E-state index in [0.29, 0.717) is 25.9 Å². The zero-order valence-electron chi connectivity index (χ0n) is 11.3. The number of hydrogen-bond acceptors (Lipinski definition) is 3. The molecule has 1 aliphatic rings. The van der Waals surface area contributed by atoms with Crippen LogP contribution in [0, 0.1) is 5.92 Å². The van der Waals surface area contributed by atoms with Gasteiger partial charge in [-0.15, -0.1) is 23.2 Å². The fourth-order valence-corrected chi connectivity index (χ4v) is 2.91. The van der Waals surface area contributed by atoms with Gasteiger partial charge in [-0.3, -0.25) is 4.79 Å². The summed E-state index contributed by atoms with van der Waals surface area (Å²) in [6.45, 7) is 4.27. The number of esters is 1. The lowest BCUT2D eigenvalue weighted by Gasteiger charge is -2.23. The van der Waals surface area contributed by atoms with E-state index in [1.807, 2.05) is 13.8 Å². The molecular weight excluding hydrogens is 289 g/mol. The average molecular weight is 310 g/mol. The Labute approximate surface area is 124 Å². The molecule has 1 amide bonds. The van der Waals surface area contributed by atoms with Crippen LogP contribution in [0.15, 0.2) is 0 Å². The van der Waals surface area contributed by atoms with Gasteiger partial charge in [0, 0.05) is 23.6 Å². The monoisotopic (exact) mass is 309 g/mol. The minimum Gasteiger partial charge on any atom is -0.464 e. The molecule has 0 spiro atoms. The lowest BCUT2D eigenvalue weighted by atomic mass is 9.94. The Kier molecular flexibility index (Phi) is 6.94. The van der Waals surface area contributed by atoms with Gasteiger partial charge in [0.2, 0.25) is 5.91 Å². The maximum atomic E-state index is 11.8. The zero-order valence-corrected chi connectivity index (χ0v) is 12.8. The zero-order chi connectivity index (χ0) is 14.4. The molecule has 4 nitrogen and oxygen atoms in total. The van der Waals surface area contributed by atoms with E-state index in [9.17, 15) is 9.59 Å². The third-order valence-corrected chi connectivity index (χ3v) is 4.38. The number of alkyl halides is 2. The SMILES string of the molecule is CCC(Cl)C(CCC(=O)N[C@@H]1CCOC1=O)C(C)Cl. The van der Waals surface area contributed by atoms with Crippen molar-refractivity contribution in [3.05, 3.63) is 0 Å². The Morgan fingerprint density at radius 1 is 1.53 bits per heavy atom. The minimum absolute atomic E-state index is 0.0308. The van der Waals surface area contributed by atoms with Gasteiger partial charge >= 0.3 is 5.97 Å². The second-order valence-corrected chi connectivity index (χ2v) is 6.13. The molecule has 1 saturated heterocycles. The van der Waals surface area contributed by atoms with Crippen molar-refractivity contribution >= 4 is 35.1 Å². The Morgan fingerprint density at radius 3 is 2.68 bits per heavy atom. The minimum atomic E-state index is -0.489. The number of amides is 1. The van der Waals surface area contributed by atoms with Crippen molar-refractivity contribution in [1.29, 1.82) is 0 Å². The molecule has 0 aliphatic carbocycles. The summed E-state index contributed by atoms with van der Waals surface area (Å²) < 4.78 is 4.79. The number of rotatable bonds is 7. The first kappa shape index (κ1) is 16.6. The lowest BCUT2D eigenvalue weighted by molar-refractivity contribution is -0.141. The first-order valence-electron chi connectivity index (χ1n) is 6.69. The number of nitrogens with one attached hydrogen (secondary N) is 1. The van der Waals surface area contributed by atoms with Crippen molar-refractivity contribution < 1.29 is 14.3 Å². The molecule has 1 rings (SSSR count). The van der Waals surface area contributed by atoms with Crippen molar-refractivity contribution in [2.75, 3.05) is 6.61 Å². The number of ether oxygens (including phenoxy) is 1. The van der Waals surface area contributed by atoms with E-state index in [0.717, 1.165) is 6.42 Å². The van der Waals surface area contributed by atoms with Crippen LogP contribution in [0.1, 0.15) is 39.5 Å². The van der Waals surface area contributed by atoms with Crippen LogP contribution in [0.5, 0.6) is 0 Å². The van der Waals surface area contributed by atoms with Gasteiger partial charge in [0.15, 0.2) is 0 Å². The van der Waals surface area contributed by atoms with Crippen molar-refractivity contribution in [2.45, 2.75) is 56.3 Å². The van der Waals surface area contributed by atoms with Gasteiger partial charge in [-0.2, -0.15) is 0 Å². The highest BCUT2D eigenvalue weighted by Crippen LogP contribution is 2.26. The Morgan fingerprint density at radius 2 is 2.21 bits per heavy atom. The van der Waals surface area contributed by atoms with E-state index in [1.54, 1.807) is 0 Å². The van der Waals surface area contributed by atoms with Gasteiger partial charge in [0.05, 0.1) is 6.61 Å². The molecule has 0 saturated carbocycles. The summed E-state index contributed by atoms with van der Waals surface area (Å²) in [6, 6.07) is -0.489. The molecule has 19 heavy (non-hydrogen) atoms. The van der Waals surface area contributed by atoms with Crippen molar-refractivity contribution in [3.63, 3.8) is 0 Å². The molecule has 0 aromatic carbocycles. The van der Waals surface area contributed by atoms with Crippen molar-refractivity contribution in [1.82, 2.24) is 5.32 Å². The van der Waals surface area contributed by atoms with Gasteiger partial charge in [-0.1, -0.05) is 6.92 Å². The van der Waals surface area contributed by atoms with Gasteiger partial charge in [0.25, 0.3) is 0 Å². The number of halogens is 2. The quantitative estimate of drug-likeness (QED) is 0.580. The molecule has 4 atom stereocenters. The molecule has 1 fully saturated rings. The van der Waals surface area contributed by atoms with Gasteiger partial charge < -0.3 is 10.1 Å². The summed E-state index contributed by atoms with van der Waals surface area (Å²) in [5, 5.41) is 2.57. The average Bonchev–Trinajstić information content (AvgIpc) is 2.74. The van der Waals surface area contributed by atoms with Crippen molar-refractivity contribution in [3.8, 4) is 0 Å². The third-order valence-electron chi connectivity index (χ3n) is 3.42. The number of carbonyl (C=O) groups excluding carboxylic acids is 2. The molecule has 1 heterocycles. The van der Waals surface area contributed by atoms with Crippen LogP contribution in [0.4, 0.5) is 0 Å². The summed E-state index contributed by atoms with van der Waals surface area (Å²) in [4.78, 5) is 23.0. The fourth-order valence-electron chi connectivity index (χ4n) is 2.19. The molecule has 0 aromatic rings. The first-order chi connectivity index (χ1) is 8.95. The summed E-state index contributed by atoms with van der Waals surface area (Å²) in [7, 11) is 0. The maximum absolute atomic E-state index is 11.8. The van der Waals surface area contributed by atoms with Crippen LogP contribution in [-0.2, 0) is 14.3 Å².